The average molecular weight is 303 g/mol. The number of likely N-dealkylation sites (tertiary alicyclic amines) is 1. The number of hydrogen-bond acceptors (Lipinski definition) is 2. The van der Waals surface area contributed by atoms with Gasteiger partial charge in [-0.15, -0.1) is 0 Å². The van der Waals surface area contributed by atoms with Gasteiger partial charge in [0.1, 0.15) is 0 Å². The van der Waals surface area contributed by atoms with Crippen LogP contribution in [-0.2, 0) is 0 Å². The number of nitrogens with zero attached hydrogens (tertiary/aromatic N) is 2. The summed E-state index contributed by atoms with van der Waals surface area (Å²) in [6.45, 7) is 0.781. The fourth-order valence-electron chi connectivity index (χ4n) is 3.04. The molecule has 1 atom stereocenters. The van der Waals surface area contributed by atoms with Gasteiger partial charge in [0.25, 0.3) is 0 Å². The van der Waals surface area contributed by atoms with Crippen LogP contribution in [0.4, 0.5) is 10.5 Å². The number of aromatic nitrogens is 1. The van der Waals surface area contributed by atoms with E-state index in [1.54, 1.807) is 6.20 Å². The second kappa shape index (κ2) is 5.72. The molecule has 0 aliphatic carbocycles. The lowest BCUT2D eigenvalue weighted by atomic mass is 9.95. The van der Waals surface area contributed by atoms with Gasteiger partial charge in [-0.25, -0.2) is 4.79 Å². The van der Waals surface area contributed by atoms with Crippen molar-refractivity contribution in [3.8, 4) is 0 Å². The Bertz CT molecular complexity index is 842. The van der Waals surface area contributed by atoms with E-state index in [9.17, 15) is 4.79 Å². The SMILES string of the molecule is O=C(Nc1cccc2cccnc12)N1CCC1c1ccccc1. The van der Waals surface area contributed by atoms with E-state index < -0.39 is 0 Å². The molecule has 0 bridgehead atoms. The van der Waals surface area contributed by atoms with E-state index >= 15 is 0 Å². The van der Waals surface area contributed by atoms with Crippen LogP contribution < -0.4 is 5.32 Å². The first kappa shape index (κ1) is 13.8. The van der Waals surface area contributed by atoms with Gasteiger partial charge in [-0.05, 0) is 24.1 Å². The lowest BCUT2D eigenvalue weighted by molar-refractivity contribution is 0.126. The Balaban J connectivity index is 1.56. The van der Waals surface area contributed by atoms with Gasteiger partial charge in [0, 0.05) is 18.1 Å². The highest BCUT2D eigenvalue weighted by Gasteiger charge is 2.33. The number of rotatable bonds is 2. The molecule has 2 aromatic carbocycles. The predicted molar refractivity (Wildman–Crippen MR) is 91.3 cm³/mol. The van der Waals surface area contributed by atoms with Gasteiger partial charge < -0.3 is 10.2 Å². The highest BCUT2D eigenvalue weighted by Crippen LogP contribution is 2.33. The van der Waals surface area contributed by atoms with Crippen molar-refractivity contribution < 1.29 is 4.79 Å². The number of amides is 2. The number of urea groups is 1. The third-order valence-electron chi connectivity index (χ3n) is 4.34. The van der Waals surface area contributed by atoms with Gasteiger partial charge >= 0.3 is 6.03 Å². The molecule has 1 saturated heterocycles. The molecule has 114 valence electrons. The van der Waals surface area contributed by atoms with Crippen LogP contribution in [0.25, 0.3) is 10.9 Å². The Hall–Kier alpha value is -2.88. The number of fused-ring (bicyclic) bond motifs is 1. The highest BCUT2D eigenvalue weighted by molar-refractivity contribution is 5.99. The third-order valence-corrected chi connectivity index (χ3v) is 4.34. The Morgan fingerprint density at radius 1 is 1.04 bits per heavy atom. The van der Waals surface area contributed by atoms with Crippen LogP contribution in [0.3, 0.4) is 0 Å². The summed E-state index contributed by atoms with van der Waals surface area (Å²) in [6.07, 6.45) is 2.75. The van der Waals surface area contributed by atoms with Crippen molar-refractivity contribution in [1.29, 1.82) is 0 Å². The number of anilines is 1. The minimum atomic E-state index is -0.0664. The summed E-state index contributed by atoms with van der Waals surface area (Å²) < 4.78 is 0. The fraction of sp³-hybridized carbons (Fsp3) is 0.158. The monoisotopic (exact) mass is 303 g/mol. The van der Waals surface area contributed by atoms with Crippen molar-refractivity contribution in [3.05, 3.63) is 72.4 Å². The molecule has 1 aromatic heterocycles. The fourth-order valence-corrected chi connectivity index (χ4v) is 3.04. The largest absolute Gasteiger partial charge is 0.322 e. The van der Waals surface area contributed by atoms with Crippen LogP contribution >= 0.6 is 0 Å². The highest BCUT2D eigenvalue weighted by atomic mass is 16.2. The molecule has 2 heterocycles. The maximum atomic E-state index is 12.6. The minimum absolute atomic E-state index is 0.0664. The van der Waals surface area contributed by atoms with E-state index in [4.69, 9.17) is 0 Å². The average Bonchev–Trinajstić information content (AvgIpc) is 2.55. The number of nitrogens with one attached hydrogen (secondary N) is 1. The van der Waals surface area contributed by atoms with Crippen LogP contribution in [0.1, 0.15) is 18.0 Å². The normalized spacial score (nSPS) is 16.9. The van der Waals surface area contributed by atoms with Gasteiger partial charge in [-0.2, -0.15) is 0 Å². The Morgan fingerprint density at radius 2 is 1.87 bits per heavy atom. The van der Waals surface area contributed by atoms with Gasteiger partial charge in [0.05, 0.1) is 17.2 Å². The zero-order valence-electron chi connectivity index (χ0n) is 12.6. The summed E-state index contributed by atoms with van der Waals surface area (Å²) in [5.41, 5.74) is 2.76. The van der Waals surface area contributed by atoms with E-state index in [-0.39, 0.29) is 12.1 Å². The molecule has 0 spiro atoms. The molecule has 4 rings (SSSR count). The van der Waals surface area contributed by atoms with Crippen molar-refractivity contribution in [2.24, 2.45) is 0 Å². The number of carbonyl (C=O) groups is 1. The number of para-hydroxylation sites is 1. The molecule has 0 radical (unpaired) electrons. The quantitative estimate of drug-likeness (QED) is 0.770. The summed E-state index contributed by atoms with van der Waals surface area (Å²) in [5.74, 6) is 0. The summed E-state index contributed by atoms with van der Waals surface area (Å²) in [7, 11) is 0. The zero-order valence-corrected chi connectivity index (χ0v) is 12.6. The molecule has 4 heteroatoms. The number of hydrogen-bond donors (Lipinski definition) is 1. The third kappa shape index (κ3) is 2.52. The smallest absolute Gasteiger partial charge is 0.317 e. The zero-order chi connectivity index (χ0) is 15.6. The molecule has 4 nitrogen and oxygen atoms in total. The van der Waals surface area contributed by atoms with E-state index in [1.807, 2.05) is 53.4 Å². The van der Waals surface area contributed by atoms with Gasteiger partial charge in [0.2, 0.25) is 0 Å². The first-order valence-electron chi connectivity index (χ1n) is 7.79. The molecule has 1 aliphatic heterocycles. The summed E-state index contributed by atoms with van der Waals surface area (Å²) in [6, 6.07) is 20.0. The standard InChI is InChI=1S/C19H17N3O/c23-19(22-13-11-17(22)14-6-2-1-3-7-14)21-16-10-4-8-15-9-5-12-20-18(15)16/h1-10,12,17H,11,13H2,(H,21,23). The second-order valence-corrected chi connectivity index (χ2v) is 5.72. The van der Waals surface area contributed by atoms with Crippen LogP contribution in [0.5, 0.6) is 0 Å². The van der Waals surface area contributed by atoms with E-state index in [2.05, 4.69) is 22.4 Å². The first-order chi connectivity index (χ1) is 11.3. The van der Waals surface area contributed by atoms with Crippen molar-refractivity contribution in [1.82, 2.24) is 9.88 Å². The molecule has 1 fully saturated rings. The van der Waals surface area contributed by atoms with Crippen molar-refractivity contribution in [2.75, 3.05) is 11.9 Å². The Morgan fingerprint density at radius 3 is 2.65 bits per heavy atom. The molecule has 3 aromatic rings. The molecule has 1 N–H and O–H groups in total. The Kier molecular flexibility index (Phi) is 3.42. The van der Waals surface area contributed by atoms with Crippen LogP contribution in [-0.4, -0.2) is 22.5 Å². The van der Waals surface area contributed by atoms with Crippen molar-refractivity contribution >= 4 is 22.6 Å². The number of benzene rings is 2. The summed E-state index contributed by atoms with van der Waals surface area (Å²) in [4.78, 5) is 18.9. The maximum Gasteiger partial charge on any atom is 0.322 e. The van der Waals surface area contributed by atoms with Gasteiger partial charge in [-0.3, -0.25) is 4.98 Å². The van der Waals surface area contributed by atoms with E-state index in [1.165, 1.54) is 5.56 Å². The Labute approximate surface area is 134 Å². The predicted octanol–water partition coefficient (Wildman–Crippen LogP) is 4.21. The van der Waals surface area contributed by atoms with E-state index in [0.717, 1.165) is 29.6 Å². The van der Waals surface area contributed by atoms with Crippen molar-refractivity contribution in [3.63, 3.8) is 0 Å². The number of carbonyl (C=O) groups excluding carboxylic acids is 1. The summed E-state index contributed by atoms with van der Waals surface area (Å²) in [5, 5.41) is 4.03. The van der Waals surface area contributed by atoms with Crippen LogP contribution in [0.2, 0.25) is 0 Å². The molecule has 2 amide bonds. The first-order valence-corrected chi connectivity index (χ1v) is 7.79. The lowest BCUT2D eigenvalue weighted by Crippen LogP contribution is -2.47. The topological polar surface area (TPSA) is 45.2 Å². The molecular weight excluding hydrogens is 286 g/mol. The van der Waals surface area contributed by atoms with Gasteiger partial charge in [-0.1, -0.05) is 48.5 Å². The van der Waals surface area contributed by atoms with Gasteiger partial charge in [0.15, 0.2) is 0 Å². The number of pyridine rings is 1. The maximum absolute atomic E-state index is 12.6. The molecular formula is C19H17N3O. The van der Waals surface area contributed by atoms with Crippen molar-refractivity contribution in [2.45, 2.75) is 12.5 Å². The van der Waals surface area contributed by atoms with E-state index in [0.29, 0.717) is 0 Å². The molecule has 23 heavy (non-hydrogen) atoms. The minimum Gasteiger partial charge on any atom is -0.317 e. The second-order valence-electron chi connectivity index (χ2n) is 5.72. The molecule has 0 saturated carbocycles. The van der Waals surface area contributed by atoms with Crippen LogP contribution in [0.15, 0.2) is 66.9 Å². The molecule has 1 unspecified atom stereocenters. The molecule has 1 aliphatic rings. The summed E-state index contributed by atoms with van der Waals surface area (Å²) >= 11 is 0. The van der Waals surface area contributed by atoms with Crippen LogP contribution in [0, 0.1) is 0 Å². The lowest BCUT2D eigenvalue weighted by Gasteiger charge is -2.41.